The number of amides is 1. The quantitative estimate of drug-likeness (QED) is 0.836. The van der Waals surface area contributed by atoms with Crippen LogP contribution >= 0.6 is 0 Å². The van der Waals surface area contributed by atoms with Gasteiger partial charge in [-0.25, -0.2) is 0 Å². The van der Waals surface area contributed by atoms with Crippen molar-refractivity contribution in [2.24, 2.45) is 0 Å². The van der Waals surface area contributed by atoms with Crippen LogP contribution in [0.2, 0.25) is 0 Å². The number of esters is 1. The molecule has 1 aliphatic heterocycles. The second-order valence-electron chi connectivity index (χ2n) is 4.60. The van der Waals surface area contributed by atoms with Crippen LogP contribution in [0.15, 0.2) is 24.3 Å². The summed E-state index contributed by atoms with van der Waals surface area (Å²) < 4.78 is 10.3. The molecule has 0 bridgehead atoms. The van der Waals surface area contributed by atoms with E-state index in [1.807, 2.05) is 24.3 Å². The fraction of sp³-hybridized carbons (Fsp3) is 0.467. The molecule has 1 amide bonds. The second kappa shape index (κ2) is 6.93. The molecule has 1 atom stereocenters. The van der Waals surface area contributed by atoms with Crippen LogP contribution in [0.3, 0.4) is 0 Å². The van der Waals surface area contributed by atoms with Gasteiger partial charge in [0.1, 0.15) is 5.75 Å². The van der Waals surface area contributed by atoms with Crippen molar-refractivity contribution in [3.8, 4) is 5.75 Å². The summed E-state index contributed by atoms with van der Waals surface area (Å²) in [6.45, 7) is 2.67. The molecule has 1 aromatic carbocycles. The Hall–Kier alpha value is -2.04. The molecule has 0 aromatic heterocycles. The summed E-state index contributed by atoms with van der Waals surface area (Å²) in [4.78, 5) is 23.1. The predicted octanol–water partition coefficient (Wildman–Crippen LogP) is 1.97. The zero-order chi connectivity index (χ0) is 14.4. The summed E-state index contributed by atoms with van der Waals surface area (Å²) in [5, 5.41) is 2.95. The fourth-order valence-electron chi connectivity index (χ4n) is 2.21. The smallest absolute Gasteiger partial charge is 0.306 e. The van der Waals surface area contributed by atoms with Crippen LogP contribution < -0.4 is 10.1 Å². The highest BCUT2D eigenvalue weighted by Gasteiger charge is 2.22. The van der Waals surface area contributed by atoms with Gasteiger partial charge in [-0.15, -0.1) is 0 Å². The van der Waals surface area contributed by atoms with Gasteiger partial charge in [0.15, 0.2) is 0 Å². The Morgan fingerprint density at radius 2 is 2.15 bits per heavy atom. The minimum atomic E-state index is -0.338. The lowest BCUT2D eigenvalue weighted by Crippen LogP contribution is -2.32. The van der Waals surface area contributed by atoms with Gasteiger partial charge >= 0.3 is 5.97 Å². The van der Waals surface area contributed by atoms with E-state index >= 15 is 0 Å². The SMILES string of the molecule is CCOC(=O)CCC(=O)N[C@@H]1CCOc2ccccc21. The summed E-state index contributed by atoms with van der Waals surface area (Å²) in [5.74, 6) is 0.337. The van der Waals surface area contributed by atoms with Gasteiger partial charge in [-0.05, 0) is 13.0 Å². The molecular formula is C15H19NO4. The summed E-state index contributed by atoms with van der Waals surface area (Å²) in [7, 11) is 0. The van der Waals surface area contributed by atoms with Gasteiger partial charge in [0, 0.05) is 18.4 Å². The van der Waals surface area contributed by atoms with E-state index in [1.165, 1.54) is 0 Å². The first-order valence-corrected chi connectivity index (χ1v) is 6.87. The number of para-hydroxylation sites is 1. The van der Waals surface area contributed by atoms with Crippen LogP contribution in [0.5, 0.6) is 5.75 Å². The van der Waals surface area contributed by atoms with Crippen LogP contribution in [0.25, 0.3) is 0 Å². The van der Waals surface area contributed by atoms with Gasteiger partial charge in [-0.3, -0.25) is 9.59 Å². The van der Waals surface area contributed by atoms with E-state index in [-0.39, 0.29) is 30.8 Å². The second-order valence-corrected chi connectivity index (χ2v) is 4.60. The molecular weight excluding hydrogens is 258 g/mol. The van der Waals surface area contributed by atoms with E-state index < -0.39 is 0 Å². The Bertz CT molecular complexity index is 487. The van der Waals surface area contributed by atoms with Crippen molar-refractivity contribution in [2.45, 2.75) is 32.2 Å². The van der Waals surface area contributed by atoms with Crippen LogP contribution in [-0.2, 0) is 14.3 Å². The number of nitrogens with one attached hydrogen (secondary N) is 1. The molecule has 5 nitrogen and oxygen atoms in total. The van der Waals surface area contributed by atoms with Crippen LogP contribution in [0, 0.1) is 0 Å². The molecule has 0 saturated carbocycles. The van der Waals surface area contributed by atoms with Gasteiger partial charge in [0.25, 0.3) is 0 Å². The van der Waals surface area contributed by atoms with E-state index in [0.29, 0.717) is 13.2 Å². The third kappa shape index (κ3) is 3.73. The monoisotopic (exact) mass is 277 g/mol. The largest absolute Gasteiger partial charge is 0.493 e. The van der Waals surface area contributed by atoms with Gasteiger partial charge in [-0.2, -0.15) is 0 Å². The van der Waals surface area contributed by atoms with Gasteiger partial charge in [-0.1, -0.05) is 18.2 Å². The zero-order valence-electron chi connectivity index (χ0n) is 11.6. The normalized spacial score (nSPS) is 16.8. The highest BCUT2D eigenvalue weighted by atomic mass is 16.5. The van der Waals surface area contributed by atoms with E-state index in [9.17, 15) is 9.59 Å². The van der Waals surface area contributed by atoms with Gasteiger partial charge in [0.2, 0.25) is 5.91 Å². The number of ether oxygens (including phenoxy) is 2. The lowest BCUT2D eigenvalue weighted by Gasteiger charge is -2.26. The maximum atomic E-state index is 11.9. The van der Waals surface area contributed by atoms with E-state index in [4.69, 9.17) is 9.47 Å². The summed E-state index contributed by atoms with van der Waals surface area (Å²) in [5.41, 5.74) is 0.989. The molecule has 1 heterocycles. The van der Waals surface area contributed by atoms with Crippen LogP contribution in [-0.4, -0.2) is 25.1 Å². The highest BCUT2D eigenvalue weighted by Crippen LogP contribution is 2.31. The van der Waals surface area contributed by atoms with Crippen molar-refractivity contribution in [1.82, 2.24) is 5.32 Å². The number of hydrogen-bond acceptors (Lipinski definition) is 4. The zero-order valence-corrected chi connectivity index (χ0v) is 11.6. The molecule has 0 radical (unpaired) electrons. The van der Waals surface area contributed by atoms with E-state index in [1.54, 1.807) is 6.92 Å². The lowest BCUT2D eigenvalue weighted by atomic mass is 10.0. The first kappa shape index (κ1) is 14.4. The first-order chi connectivity index (χ1) is 9.70. The van der Waals surface area contributed by atoms with Gasteiger partial charge < -0.3 is 14.8 Å². The fourth-order valence-corrected chi connectivity index (χ4v) is 2.21. The number of fused-ring (bicyclic) bond motifs is 1. The predicted molar refractivity (Wildman–Crippen MR) is 73.3 cm³/mol. The maximum absolute atomic E-state index is 11.9. The summed E-state index contributed by atoms with van der Waals surface area (Å²) in [6.07, 6.45) is 1.01. The lowest BCUT2D eigenvalue weighted by molar-refractivity contribution is -0.144. The third-order valence-electron chi connectivity index (χ3n) is 3.16. The van der Waals surface area contributed by atoms with Crippen molar-refractivity contribution >= 4 is 11.9 Å². The summed E-state index contributed by atoms with van der Waals surface area (Å²) in [6, 6.07) is 7.63. The average molecular weight is 277 g/mol. The maximum Gasteiger partial charge on any atom is 0.306 e. The average Bonchev–Trinajstić information content (AvgIpc) is 2.46. The molecule has 0 saturated heterocycles. The molecule has 0 spiro atoms. The number of carbonyl (C=O) groups is 2. The molecule has 0 fully saturated rings. The van der Waals surface area contributed by atoms with Crippen LogP contribution in [0.1, 0.15) is 37.8 Å². The molecule has 1 N–H and O–H groups in total. The first-order valence-electron chi connectivity index (χ1n) is 6.87. The molecule has 0 unspecified atom stereocenters. The Kier molecular flexibility index (Phi) is 4.98. The Morgan fingerprint density at radius 1 is 1.35 bits per heavy atom. The van der Waals surface area contributed by atoms with Gasteiger partial charge in [0.05, 0.1) is 25.7 Å². The number of rotatable bonds is 5. The minimum absolute atomic E-state index is 0.0466. The molecule has 1 aromatic rings. The highest BCUT2D eigenvalue weighted by molar-refractivity contribution is 5.81. The molecule has 5 heteroatoms. The Balaban J connectivity index is 1.88. The summed E-state index contributed by atoms with van der Waals surface area (Å²) >= 11 is 0. The van der Waals surface area contributed by atoms with Crippen molar-refractivity contribution in [2.75, 3.05) is 13.2 Å². The molecule has 0 aliphatic carbocycles. The topological polar surface area (TPSA) is 64.6 Å². The molecule has 2 rings (SSSR count). The Morgan fingerprint density at radius 3 is 2.95 bits per heavy atom. The standard InChI is InChI=1S/C15H19NO4/c1-2-19-15(18)8-7-14(17)16-12-9-10-20-13-6-4-3-5-11(12)13/h3-6,12H,2,7-10H2,1H3,(H,16,17)/t12-/m1/s1. The van der Waals surface area contributed by atoms with Crippen molar-refractivity contribution in [1.29, 1.82) is 0 Å². The Labute approximate surface area is 118 Å². The van der Waals surface area contributed by atoms with E-state index in [0.717, 1.165) is 17.7 Å². The van der Waals surface area contributed by atoms with E-state index in [2.05, 4.69) is 5.32 Å². The molecule has 20 heavy (non-hydrogen) atoms. The van der Waals surface area contributed by atoms with Crippen molar-refractivity contribution in [3.05, 3.63) is 29.8 Å². The third-order valence-corrected chi connectivity index (χ3v) is 3.16. The van der Waals surface area contributed by atoms with Crippen molar-refractivity contribution < 1.29 is 19.1 Å². The number of carbonyl (C=O) groups excluding carboxylic acids is 2. The van der Waals surface area contributed by atoms with Crippen LogP contribution in [0.4, 0.5) is 0 Å². The molecule has 1 aliphatic rings. The van der Waals surface area contributed by atoms with Crippen molar-refractivity contribution in [3.63, 3.8) is 0 Å². The minimum Gasteiger partial charge on any atom is -0.493 e. The number of benzene rings is 1. The molecule has 108 valence electrons. The number of hydrogen-bond donors (Lipinski definition) is 1.